The molecular weight excluding hydrogens is 396 g/mol. The SMILES string of the molecule is COc1ccccc1C(=O)N(c1ccc(C)cc1)C1CCN(Cc2ccc(C)cc2)CC1. The van der Waals surface area contributed by atoms with Crippen LogP contribution in [-0.2, 0) is 6.54 Å². The molecule has 1 aliphatic heterocycles. The summed E-state index contributed by atoms with van der Waals surface area (Å²) < 4.78 is 5.50. The Hall–Kier alpha value is -3.11. The van der Waals surface area contributed by atoms with Crippen molar-refractivity contribution in [3.05, 3.63) is 95.1 Å². The molecule has 0 aliphatic carbocycles. The van der Waals surface area contributed by atoms with Crippen molar-refractivity contribution >= 4 is 11.6 Å². The molecule has 0 N–H and O–H groups in total. The number of carbonyl (C=O) groups excluding carboxylic acids is 1. The van der Waals surface area contributed by atoms with Gasteiger partial charge < -0.3 is 9.64 Å². The van der Waals surface area contributed by atoms with Crippen molar-refractivity contribution < 1.29 is 9.53 Å². The third kappa shape index (κ3) is 5.03. The van der Waals surface area contributed by atoms with E-state index in [1.807, 2.05) is 29.2 Å². The van der Waals surface area contributed by atoms with E-state index in [4.69, 9.17) is 4.74 Å². The molecule has 1 fully saturated rings. The predicted molar refractivity (Wildman–Crippen MR) is 130 cm³/mol. The van der Waals surface area contributed by atoms with E-state index < -0.39 is 0 Å². The first-order valence-electron chi connectivity index (χ1n) is 11.4. The summed E-state index contributed by atoms with van der Waals surface area (Å²) in [5.41, 5.74) is 5.37. The van der Waals surface area contributed by atoms with Crippen LogP contribution in [0.3, 0.4) is 0 Å². The lowest BCUT2D eigenvalue weighted by atomic mass is 9.99. The third-order valence-corrected chi connectivity index (χ3v) is 6.32. The highest BCUT2D eigenvalue weighted by Crippen LogP contribution is 2.29. The zero-order valence-electron chi connectivity index (χ0n) is 19.3. The van der Waals surface area contributed by atoms with Crippen LogP contribution >= 0.6 is 0 Å². The lowest BCUT2D eigenvalue weighted by Gasteiger charge is -2.39. The molecule has 1 aliphatic rings. The van der Waals surface area contributed by atoms with Crippen LogP contribution in [0.4, 0.5) is 5.69 Å². The van der Waals surface area contributed by atoms with E-state index in [1.165, 1.54) is 16.7 Å². The molecule has 0 saturated carbocycles. The molecule has 0 radical (unpaired) electrons. The largest absolute Gasteiger partial charge is 0.496 e. The molecule has 0 unspecified atom stereocenters. The van der Waals surface area contributed by atoms with Gasteiger partial charge in [0.25, 0.3) is 5.91 Å². The van der Waals surface area contributed by atoms with Crippen LogP contribution in [0.5, 0.6) is 5.75 Å². The normalized spacial score (nSPS) is 14.8. The summed E-state index contributed by atoms with van der Waals surface area (Å²) in [4.78, 5) is 18.2. The maximum Gasteiger partial charge on any atom is 0.262 e. The van der Waals surface area contributed by atoms with Gasteiger partial charge in [-0.05, 0) is 56.5 Å². The molecule has 0 aromatic heterocycles. The van der Waals surface area contributed by atoms with Crippen molar-refractivity contribution in [1.29, 1.82) is 0 Å². The van der Waals surface area contributed by atoms with Gasteiger partial charge >= 0.3 is 0 Å². The van der Waals surface area contributed by atoms with Crippen molar-refractivity contribution in [3.63, 3.8) is 0 Å². The maximum absolute atomic E-state index is 13.7. The highest BCUT2D eigenvalue weighted by molar-refractivity contribution is 6.08. The van der Waals surface area contributed by atoms with Crippen LogP contribution in [0.1, 0.15) is 39.9 Å². The van der Waals surface area contributed by atoms with Gasteiger partial charge in [0, 0.05) is 31.4 Å². The fourth-order valence-electron chi connectivity index (χ4n) is 4.44. The molecule has 0 bridgehead atoms. The minimum atomic E-state index is 0.00304. The quantitative estimate of drug-likeness (QED) is 0.511. The average Bonchev–Trinajstić information content (AvgIpc) is 2.83. The van der Waals surface area contributed by atoms with E-state index in [0.717, 1.165) is 38.2 Å². The summed E-state index contributed by atoms with van der Waals surface area (Å²) in [7, 11) is 1.62. The fraction of sp³-hybridized carbons (Fsp3) is 0.321. The Labute approximate surface area is 191 Å². The molecular formula is C28H32N2O2. The van der Waals surface area contributed by atoms with Gasteiger partial charge in [0.15, 0.2) is 0 Å². The molecule has 4 nitrogen and oxygen atoms in total. The van der Waals surface area contributed by atoms with E-state index in [1.54, 1.807) is 7.11 Å². The van der Waals surface area contributed by atoms with Gasteiger partial charge in [0.05, 0.1) is 12.7 Å². The van der Waals surface area contributed by atoms with Gasteiger partial charge in [-0.25, -0.2) is 0 Å². The number of benzene rings is 3. The standard InChI is InChI=1S/C28H32N2O2/c1-21-8-12-23(13-9-21)20-29-18-16-25(17-19-29)30(24-14-10-22(2)11-15-24)28(31)26-6-4-5-7-27(26)32-3/h4-15,25H,16-20H2,1-3H3. The van der Waals surface area contributed by atoms with Crippen LogP contribution in [-0.4, -0.2) is 37.0 Å². The van der Waals surface area contributed by atoms with Gasteiger partial charge in [0.2, 0.25) is 0 Å². The zero-order chi connectivity index (χ0) is 22.5. The molecule has 1 amide bonds. The van der Waals surface area contributed by atoms with Crippen LogP contribution < -0.4 is 9.64 Å². The molecule has 32 heavy (non-hydrogen) atoms. The highest BCUT2D eigenvalue weighted by Gasteiger charge is 2.31. The van der Waals surface area contributed by atoms with Crippen molar-refractivity contribution in [2.24, 2.45) is 0 Å². The number of hydrogen-bond donors (Lipinski definition) is 0. The highest BCUT2D eigenvalue weighted by atomic mass is 16.5. The number of rotatable bonds is 6. The first-order chi connectivity index (χ1) is 15.5. The minimum Gasteiger partial charge on any atom is -0.496 e. The smallest absolute Gasteiger partial charge is 0.262 e. The van der Waals surface area contributed by atoms with Gasteiger partial charge in [-0.3, -0.25) is 9.69 Å². The lowest BCUT2D eigenvalue weighted by molar-refractivity contribution is 0.0955. The van der Waals surface area contributed by atoms with E-state index in [-0.39, 0.29) is 11.9 Å². The summed E-state index contributed by atoms with van der Waals surface area (Å²) >= 11 is 0. The van der Waals surface area contributed by atoms with Gasteiger partial charge in [-0.1, -0.05) is 59.7 Å². The molecule has 3 aromatic carbocycles. The first kappa shape index (κ1) is 22.1. The molecule has 0 spiro atoms. The Balaban J connectivity index is 1.54. The number of aryl methyl sites for hydroxylation is 2. The second-order valence-corrected chi connectivity index (χ2v) is 8.70. The Morgan fingerprint density at radius 2 is 1.50 bits per heavy atom. The number of para-hydroxylation sites is 1. The summed E-state index contributed by atoms with van der Waals surface area (Å²) in [6.45, 7) is 7.09. The third-order valence-electron chi connectivity index (χ3n) is 6.32. The molecule has 4 rings (SSSR count). The second kappa shape index (κ2) is 10.0. The van der Waals surface area contributed by atoms with Crippen molar-refractivity contribution in [2.45, 2.75) is 39.3 Å². The minimum absolute atomic E-state index is 0.00304. The van der Waals surface area contributed by atoms with E-state index in [9.17, 15) is 4.79 Å². The van der Waals surface area contributed by atoms with E-state index >= 15 is 0 Å². The van der Waals surface area contributed by atoms with Gasteiger partial charge in [-0.2, -0.15) is 0 Å². The number of ether oxygens (including phenoxy) is 1. The molecule has 4 heteroatoms. The predicted octanol–water partition coefficient (Wildman–Crippen LogP) is 5.62. The van der Waals surface area contributed by atoms with E-state index in [0.29, 0.717) is 11.3 Å². The monoisotopic (exact) mass is 428 g/mol. The Morgan fingerprint density at radius 3 is 2.12 bits per heavy atom. The van der Waals surface area contributed by atoms with Crippen LogP contribution in [0, 0.1) is 13.8 Å². The molecule has 1 saturated heterocycles. The van der Waals surface area contributed by atoms with Crippen molar-refractivity contribution in [1.82, 2.24) is 4.90 Å². The summed E-state index contributed by atoms with van der Waals surface area (Å²) in [5, 5.41) is 0. The Bertz CT molecular complexity index is 1040. The van der Waals surface area contributed by atoms with Gasteiger partial charge in [-0.15, -0.1) is 0 Å². The van der Waals surface area contributed by atoms with Gasteiger partial charge in [0.1, 0.15) is 5.75 Å². The van der Waals surface area contributed by atoms with E-state index in [2.05, 4.69) is 67.3 Å². The molecule has 3 aromatic rings. The summed E-state index contributed by atoms with van der Waals surface area (Å²) in [5.74, 6) is 0.620. The number of methoxy groups -OCH3 is 1. The Kier molecular flexibility index (Phi) is 6.91. The number of likely N-dealkylation sites (tertiary alicyclic amines) is 1. The Morgan fingerprint density at radius 1 is 0.906 bits per heavy atom. The zero-order valence-corrected chi connectivity index (χ0v) is 19.3. The summed E-state index contributed by atoms with van der Waals surface area (Å²) in [6.07, 6.45) is 1.89. The molecule has 1 heterocycles. The maximum atomic E-state index is 13.7. The van der Waals surface area contributed by atoms with Crippen LogP contribution in [0.25, 0.3) is 0 Å². The van der Waals surface area contributed by atoms with Crippen LogP contribution in [0.15, 0.2) is 72.8 Å². The average molecular weight is 429 g/mol. The van der Waals surface area contributed by atoms with Crippen LogP contribution in [0.2, 0.25) is 0 Å². The summed E-state index contributed by atoms with van der Waals surface area (Å²) in [6, 6.07) is 24.7. The number of nitrogens with zero attached hydrogens (tertiary/aromatic N) is 2. The lowest BCUT2D eigenvalue weighted by Crippen LogP contribution is -2.47. The number of piperidine rings is 1. The first-order valence-corrected chi connectivity index (χ1v) is 11.4. The fourth-order valence-corrected chi connectivity index (χ4v) is 4.44. The molecule has 0 atom stereocenters. The number of carbonyl (C=O) groups is 1. The topological polar surface area (TPSA) is 32.8 Å². The number of hydrogen-bond acceptors (Lipinski definition) is 3. The van der Waals surface area contributed by atoms with Crippen molar-refractivity contribution in [3.8, 4) is 5.75 Å². The number of amides is 1. The molecule has 166 valence electrons. The second-order valence-electron chi connectivity index (χ2n) is 8.70. The van der Waals surface area contributed by atoms with Crippen molar-refractivity contribution in [2.75, 3.05) is 25.1 Å². The number of anilines is 1.